The number of carbonyl (C=O) groups is 2. The van der Waals surface area contributed by atoms with Gasteiger partial charge in [0.2, 0.25) is 0 Å². The van der Waals surface area contributed by atoms with Crippen LogP contribution in [0.1, 0.15) is 29.6 Å². The third-order valence-electron chi connectivity index (χ3n) is 2.65. The number of benzene rings is 1. The first kappa shape index (κ1) is 16.6. The van der Waals surface area contributed by atoms with Gasteiger partial charge in [0.05, 0.1) is 0 Å². The molecule has 1 aromatic rings. The van der Waals surface area contributed by atoms with Crippen LogP contribution >= 0.6 is 0 Å². The number of unbranched alkanes of at least 4 members (excludes halogenated alkanes) is 1. The lowest BCUT2D eigenvalue weighted by atomic mass is 10.1. The molecule has 0 saturated carbocycles. The molecule has 0 aliphatic carbocycles. The summed E-state index contributed by atoms with van der Waals surface area (Å²) in [4.78, 5) is 22.7. The summed E-state index contributed by atoms with van der Waals surface area (Å²) >= 11 is 0. The molecule has 1 aromatic carbocycles. The van der Waals surface area contributed by atoms with E-state index in [9.17, 15) is 22.8 Å². The molecule has 1 rings (SSSR count). The fourth-order valence-electron chi connectivity index (χ4n) is 1.66. The van der Waals surface area contributed by atoms with E-state index >= 15 is 0 Å². The summed E-state index contributed by atoms with van der Waals surface area (Å²) in [5, 5.41) is 10.9. The van der Waals surface area contributed by atoms with Crippen molar-refractivity contribution in [2.24, 2.45) is 0 Å². The average Bonchev–Trinajstić information content (AvgIpc) is 2.36. The lowest BCUT2D eigenvalue weighted by Crippen LogP contribution is -2.41. The van der Waals surface area contributed by atoms with Crippen molar-refractivity contribution in [2.45, 2.75) is 25.3 Å². The van der Waals surface area contributed by atoms with E-state index in [1.807, 2.05) is 5.32 Å². The van der Waals surface area contributed by atoms with Gasteiger partial charge in [-0.05, 0) is 12.8 Å². The fourth-order valence-corrected chi connectivity index (χ4v) is 1.66. The molecule has 112 valence electrons. The molecule has 0 radical (unpaired) electrons. The molecule has 1 atom stereocenters. The number of carboxylic acid groups (broad SMARTS) is 1. The zero-order chi connectivity index (χ0) is 16.0. The number of nitrogens with one attached hydrogen (secondary N) is 1. The van der Waals surface area contributed by atoms with E-state index in [1.54, 1.807) is 0 Å². The summed E-state index contributed by atoms with van der Waals surface area (Å²) in [5.41, 5.74) is -1.03. The summed E-state index contributed by atoms with van der Waals surface area (Å²) in [6.45, 7) is 0. The number of terminal acetylenes is 1. The maximum absolute atomic E-state index is 13.4. The number of carbonyl (C=O) groups excluding carboxylic acids is 1. The van der Waals surface area contributed by atoms with Gasteiger partial charge in [-0.15, -0.1) is 12.3 Å². The van der Waals surface area contributed by atoms with Gasteiger partial charge in [0.15, 0.2) is 0 Å². The Balaban J connectivity index is 2.88. The topological polar surface area (TPSA) is 66.4 Å². The Bertz CT molecular complexity index is 573. The molecule has 0 aliphatic rings. The monoisotopic (exact) mass is 299 g/mol. The van der Waals surface area contributed by atoms with Crippen molar-refractivity contribution >= 4 is 11.9 Å². The highest BCUT2D eigenvalue weighted by Crippen LogP contribution is 2.15. The predicted molar refractivity (Wildman–Crippen MR) is 67.9 cm³/mol. The Labute approximate surface area is 119 Å². The van der Waals surface area contributed by atoms with Crippen molar-refractivity contribution in [2.75, 3.05) is 0 Å². The summed E-state index contributed by atoms with van der Waals surface area (Å²) < 4.78 is 39.6. The summed E-state index contributed by atoms with van der Waals surface area (Å²) in [6, 6.07) is -0.659. The van der Waals surface area contributed by atoms with Gasteiger partial charge in [0, 0.05) is 18.6 Å². The van der Waals surface area contributed by atoms with Gasteiger partial charge in [-0.1, -0.05) is 0 Å². The van der Waals surface area contributed by atoms with Gasteiger partial charge < -0.3 is 10.4 Å². The number of carboxylic acids is 1. The zero-order valence-electron chi connectivity index (χ0n) is 10.8. The van der Waals surface area contributed by atoms with Crippen molar-refractivity contribution < 1.29 is 27.9 Å². The minimum Gasteiger partial charge on any atom is -0.480 e. The second-order valence-electron chi connectivity index (χ2n) is 4.21. The molecule has 4 nitrogen and oxygen atoms in total. The first-order valence-corrected chi connectivity index (χ1v) is 5.98. The highest BCUT2D eigenvalue weighted by Gasteiger charge is 2.24. The summed E-state index contributed by atoms with van der Waals surface area (Å²) in [6.07, 6.45) is 5.65. The highest BCUT2D eigenvalue weighted by atomic mass is 19.1. The van der Waals surface area contributed by atoms with Gasteiger partial charge in [-0.25, -0.2) is 18.0 Å². The van der Waals surface area contributed by atoms with Crippen molar-refractivity contribution in [3.8, 4) is 12.3 Å². The SMILES string of the molecule is C#CCCC[C@@H](NC(=O)c1c(F)cc(F)cc1F)C(=O)O. The van der Waals surface area contributed by atoms with Crippen LogP contribution in [-0.2, 0) is 4.79 Å². The minimum atomic E-state index is -1.40. The van der Waals surface area contributed by atoms with Crippen LogP contribution in [0, 0.1) is 29.8 Å². The first-order chi connectivity index (χ1) is 9.86. The van der Waals surface area contributed by atoms with Gasteiger partial charge in [0.25, 0.3) is 5.91 Å². The lowest BCUT2D eigenvalue weighted by molar-refractivity contribution is -0.139. The van der Waals surface area contributed by atoms with Crippen LogP contribution in [0.3, 0.4) is 0 Å². The molecule has 0 bridgehead atoms. The number of rotatable bonds is 6. The minimum absolute atomic E-state index is 0.00963. The van der Waals surface area contributed by atoms with E-state index in [-0.39, 0.29) is 6.42 Å². The highest BCUT2D eigenvalue weighted by molar-refractivity contribution is 5.97. The Morgan fingerprint density at radius 2 is 1.86 bits per heavy atom. The van der Waals surface area contributed by atoms with Crippen molar-refractivity contribution in [3.05, 3.63) is 35.1 Å². The molecule has 0 heterocycles. The quantitative estimate of drug-likeness (QED) is 0.624. The maximum Gasteiger partial charge on any atom is 0.326 e. The van der Waals surface area contributed by atoms with Crippen LogP contribution in [0.15, 0.2) is 12.1 Å². The van der Waals surface area contributed by atoms with Crippen LogP contribution < -0.4 is 5.32 Å². The molecule has 7 heteroatoms. The Hall–Kier alpha value is -2.49. The summed E-state index contributed by atoms with van der Waals surface area (Å²) in [7, 11) is 0. The van der Waals surface area contributed by atoms with Crippen molar-refractivity contribution in [1.82, 2.24) is 5.32 Å². The average molecular weight is 299 g/mol. The van der Waals surface area contributed by atoms with Gasteiger partial charge in [0.1, 0.15) is 29.1 Å². The number of hydrogen-bond acceptors (Lipinski definition) is 2. The van der Waals surface area contributed by atoms with Crippen LogP contribution in [0.4, 0.5) is 13.2 Å². The number of halogens is 3. The fraction of sp³-hybridized carbons (Fsp3) is 0.286. The second kappa shape index (κ2) is 7.33. The molecule has 0 spiro atoms. The van der Waals surface area contributed by atoms with Crippen molar-refractivity contribution in [1.29, 1.82) is 0 Å². The normalized spacial score (nSPS) is 11.5. The third-order valence-corrected chi connectivity index (χ3v) is 2.65. The van der Waals surface area contributed by atoms with Crippen LogP contribution in [0.5, 0.6) is 0 Å². The number of aliphatic carboxylic acids is 1. The van der Waals surface area contributed by atoms with Crippen LogP contribution in [0.25, 0.3) is 0 Å². The second-order valence-corrected chi connectivity index (χ2v) is 4.21. The smallest absolute Gasteiger partial charge is 0.326 e. The molecular formula is C14H12F3NO3. The van der Waals surface area contributed by atoms with E-state index in [0.717, 1.165) is 0 Å². The first-order valence-electron chi connectivity index (χ1n) is 5.98. The lowest BCUT2D eigenvalue weighted by Gasteiger charge is -2.14. The number of hydrogen-bond donors (Lipinski definition) is 2. The molecule has 1 amide bonds. The summed E-state index contributed by atoms with van der Waals surface area (Å²) in [5.74, 6) is -4.30. The molecule has 0 aliphatic heterocycles. The van der Waals surface area contributed by atoms with Gasteiger partial charge >= 0.3 is 5.97 Å². The van der Waals surface area contributed by atoms with E-state index < -0.39 is 40.9 Å². The molecule has 0 unspecified atom stereocenters. The van der Waals surface area contributed by atoms with Gasteiger partial charge in [-0.3, -0.25) is 4.79 Å². The standard InChI is InChI=1S/C14H12F3NO3/c1-2-3-4-5-11(14(20)21)18-13(19)12-9(16)6-8(15)7-10(12)17/h1,6-7,11H,3-5H2,(H,18,19)(H,20,21)/t11-/m1/s1. The number of amides is 1. The van der Waals surface area contributed by atoms with Gasteiger partial charge in [-0.2, -0.15) is 0 Å². The molecule has 21 heavy (non-hydrogen) atoms. The van der Waals surface area contributed by atoms with E-state index in [2.05, 4.69) is 5.92 Å². The Morgan fingerprint density at radius 1 is 1.29 bits per heavy atom. The molecule has 0 saturated heterocycles. The van der Waals surface area contributed by atoms with Crippen LogP contribution in [0.2, 0.25) is 0 Å². The largest absolute Gasteiger partial charge is 0.480 e. The molecule has 0 aromatic heterocycles. The Morgan fingerprint density at radius 3 is 2.33 bits per heavy atom. The molecule has 0 fully saturated rings. The maximum atomic E-state index is 13.4. The Kier molecular flexibility index (Phi) is 5.79. The third kappa shape index (κ3) is 4.53. The van der Waals surface area contributed by atoms with Crippen molar-refractivity contribution in [3.63, 3.8) is 0 Å². The predicted octanol–water partition coefficient (Wildman–Crippen LogP) is 2.09. The molecular weight excluding hydrogens is 287 g/mol. The zero-order valence-corrected chi connectivity index (χ0v) is 10.8. The van der Waals surface area contributed by atoms with E-state index in [0.29, 0.717) is 25.0 Å². The van der Waals surface area contributed by atoms with E-state index in [1.165, 1.54) is 0 Å². The van der Waals surface area contributed by atoms with E-state index in [4.69, 9.17) is 11.5 Å². The molecule has 2 N–H and O–H groups in total. The van der Waals surface area contributed by atoms with Crippen LogP contribution in [-0.4, -0.2) is 23.0 Å².